The van der Waals surface area contributed by atoms with Crippen LogP contribution in [-0.2, 0) is 18.9 Å². The molecule has 0 aromatic carbocycles. The van der Waals surface area contributed by atoms with Crippen molar-refractivity contribution in [2.24, 2.45) is 20.0 Å². The van der Waals surface area contributed by atoms with Gasteiger partial charge in [-0.05, 0) is 19.4 Å². The topological polar surface area (TPSA) is 76.8 Å². The Kier molecular flexibility index (Phi) is 5.66. The van der Waals surface area contributed by atoms with Gasteiger partial charge in [0.2, 0.25) is 5.91 Å². The van der Waals surface area contributed by atoms with Crippen molar-refractivity contribution in [1.82, 2.24) is 30.2 Å². The van der Waals surface area contributed by atoms with Gasteiger partial charge in [-0.3, -0.25) is 14.2 Å². The van der Waals surface area contributed by atoms with Gasteiger partial charge in [0.25, 0.3) is 0 Å². The first-order valence-electron chi connectivity index (χ1n) is 7.95. The van der Waals surface area contributed by atoms with Crippen LogP contribution in [0.4, 0.5) is 0 Å². The number of aromatic nitrogens is 4. The molecule has 3 atom stereocenters. The Labute approximate surface area is 148 Å². The number of rotatable bonds is 4. The average molecular weight is 353 g/mol. The molecular formula is C16H25ClN6O. The molecule has 8 heteroatoms. The number of hydrogen-bond acceptors (Lipinski definition) is 4. The van der Waals surface area contributed by atoms with Gasteiger partial charge in [-0.15, -0.1) is 12.4 Å². The number of carbonyl (C=O) groups excluding carboxylic acids is 1. The van der Waals surface area contributed by atoms with Crippen LogP contribution in [0.1, 0.15) is 35.7 Å². The molecule has 1 unspecified atom stereocenters. The molecule has 1 fully saturated rings. The number of amides is 1. The summed E-state index contributed by atoms with van der Waals surface area (Å²) in [5.74, 6) is 0.184. The molecule has 2 aromatic rings. The number of nitrogens with zero attached hydrogens (tertiary/aromatic N) is 4. The van der Waals surface area contributed by atoms with Gasteiger partial charge in [0.05, 0.1) is 23.9 Å². The summed E-state index contributed by atoms with van der Waals surface area (Å²) < 4.78 is 3.56. The van der Waals surface area contributed by atoms with E-state index in [-0.39, 0.29) is 36.2 Å². The zero-order valence-electron chi connectivity index (χ0n) is 14.5. The van der Waals surface area contributed by atoms with Crippen molar-refractivity contribution in [3.8, 4) is 0 Å². The second-order valence-corrected chi connectivity index (χ2v) is 6.39. The number of halogens is 1. The van der Waals surface area contributed by atoms with Gasteiger partial charge in [0.15, 0.2) is 0 Å². The van der Waals surface area contributed by atoms with E-state index in [1.165, 1.54) is 0 Å². The fourth-order valence-corrected chi connectivity index (χ4v) is 3.38. The fraction of sp³-hybridized carbons (Fsp3) is 0.562. The van der Waals surface area contributed by atoms with E-state index in [1.807, 2.05) is 46.5 Å². The highest BCUT2D eigenvalue weighted by molar-refractivity contribution is 5.85. The minimum Gasteiger partial charge on any atom is -0.349 e. The van der Waals surface area contributed by atoms with E-state index >= 15 is 0 Å². The monoisotopic (exact) mass is 352 g/mol. The van der Waals surface area contributed by atoms with Crippen LogP contribution in [0.25, 0.3) is 0 Å². The van der Waals surface area contributed by atoms with Crippen molar-refractivity contribution in [1.29, 1.82) is 0 Å². The van der Waals surface area contributed by atoms with Crippen molar-refractivity contribution in [3.05, 3.63) is 35.4 Å². The quantitative estimate of drug-likeness (QED) is 0.862. The van der Waals surface area contributed by atoms with Crippen molar-refractivity contribution < 1.29 is 4.79 Å². The predicted octanol–water partition coefficient (Wildman–Crippen LogP) is 1.06. The molecule has 1 aliphatic heterocycles. The SMILES string of the molecule is Cc1nn(C)cc1C(C)NC(=O)[C@H]1CNC[C@@H]1c1cnn(C)c1.Cl. The summed E-state index contributed by atoms with van der Waals surface area (Å²) in [4.78, 5) is 12.7. The van der Waals surface area contributed by atoms with Crippen LogP contribution in [0.2, 0.25) is 0 Å². The third kappa shape index (κ3) is 3.62. The highest BCUT2D eigenvalue weighted by Crippen LogP contribution is 2.28. The van der Waals surface area contributed by atoms with Crippen LogP contribution in [0.15, 0.2) is 18.6 Å². The number of aryl methyl sites for hydroxylation is 3. The van der Waals surface area contributed by atoms with E-state index in [9.17, 15) is 4.79 Å². The van der Waals surface area contributed by atoms with Gasteiger partial charge < -0.3 is 10.6 Å². The predicted molar refractivity (Wildman–Crippen MR) is 94.1 cm³/mol. The molecule has 3 rings (SSSR count). The average Bonchev–Trinajstić information content (AvgIpc) is 3.18. The highest BCUT2D eigenvalue weighted by Gasteiger charge is 2.35. The first-order valence-corrected chi connectivity index (χ1v) is 7.95. The maximum Gasteiger partial charge on any atom is 0.225 e. The molecule has 1 amide bonds. The largest absolute Gasteiger partial charge is 0.349 e. The Morgan fingerprint density at radius 2 is 2.08 bits per heavy atom. The molecule has 0 bridgehead atoms. The normalized spacial score (nSPS) is 21.3. The maximum atomic E-state index is 12.7. The van der Waals surface area contributed by atoms with Crippen molar-refractivity contribution >= 4 is 18.3 Å². The summed E-state index contributed by atoms with van der Waals surface area (Å²) >= 11 is 0. The van der Waals surface area contributed by atoms with E-state index in [1.54, 1.807) is 9.36 Å². The lowest BCUT2D eigenvalue weighted by Crippen LogP contribution is -2.36. The van der Waals surface area contributed by atoms with Crippen LogP contribution in [0.5, 0.6) is 0 Å². The first-order chi connectivity index (χ1) is 11.0. The van der Waals surface area contributed by atoms with Crippen LogP contribution < -0.4 is 10.6 Å². The second-order valence-electron chi connectivity index (χ2n) is 6.39. The zero-order valence-corrected chi connectivity index (χ0v) is 15.3. The molecule has 24 heavy (non-hydrogen) atoms. The minimum absolute atomic E-state index is 0. The number of nitrogens with one attached hydrogen (secondary N) is 2. The first kappa shape index (κ1) is 18.5. The van der Waals surface area contributed by atoms with E-state index in [4.69, 9.17) is 0 Å². The van der Waals surface area contributed by atoms with Gasteiger partial charge in [-0.2, -0.15) is 10.2 Å². The molecule has 0 radical (unpaired) electrons. The van der Waals surface area contributed by atoms with Gasteiger partial charge in [-0.25, -0.2) is 0 Å². The molecule has 3 heterocycles. The second kappa shape index (κ2) is 7.36. The molecule has 1 aliphatic rings. The Morgan fingerprint density at radius 1 is 1.33 bits per heavy atom. The van der Waals surface area contributed by atoms with Crippen molar-refractivity contribution in [2.45, 2.75) is 25.8 Å². The molecule has 0 saturated carbocycles. The molecule has 7 nitrogen and oxygen atoms in total. The summed E-state index contributed by atoms with van der Waals surface area (Å²) in [6, 6.07) is -0.0497. The van der Waals surface area contributed by atoms with Crippen LogP contribution in [0, 0.1) is 12.8 Å². The van der Waals surface area contributed by atoms with Crippen molar-refractivity contribution in [3.63, 3.8) is 0 Å². The van der Waals surface area contributed by atoms with Gasteiger partial charge in [0.1, 0.15) is 0 Å². The minimum atomic E-state index is -0.0707. The fourth-order valence-electron chi connectivity index (χ4n) is 3.38. The molecule has 2 N–H and O–H groups in total. The summed E-state index contributed by atoms with van der Waals surface area (Å²) in [7, 11) is 3.79. The lowest BCUT2D eigenvalue weighted by atomic mass is 9.90. The Morgan fingerprint density at radius 3 is 2.67 bits per heavy atom. The van der Waals surface area contributed by atoms with Gasteiger partial charge in [-0.1, -0.05) is 0 Å². The van der Waals surface area contributed by atoms with E-state index in [2.05, 4.69) is 20.8 Å². The van der Waals surface area contributed by atoms with E-state index < -0.39 is 0 Å². The van der Waals surface area contributed by atoms with Crippen LogP contribution >= 0.6 is 12.4 Å². The lowest BCUT2D eigenvalue weighted by molar-refractivity contribution is -0.125. The maximum absolute atomic E-state index is 12.7. The Bertz CT molecular complexity index is 709. The van der Waals surface area contributed by atoms with E-state index in [0.717, 1.165) is 23.4 Å². The molecule has 132 valence electrons. The summed E-state index contributed by atoms with van der Waals surface area (Å²) in [6.45, 7) is 5.48. The summed E-state index contributed by atoms with van der Waals surface area (Å²) in [6.07, 6.45) is 5.81. The standard InChI is InChI=1S/C16H24N6O.ClH/c1-10(15-9-22(4)20-11(15)2)19-16(23)14-7-17-6-13(14)12-5-18-21(3)8-12;/h5,8-10,13-14,17H,6-7H2,1-4H3,(H,19,23);1H/t10?,13-,14+;/m1./s1. The lowest BCUT2D eigenvalue weighted by Gasteiger charge is -2.20. The van der Waals surface area contributed by atoms with Crippen LogP contribution in [0.3, 0.4) is 0 Å². The molecule has 0 aliphatic carbocycles. The molecule has 0 spiro atoms. The van der Waals surface area contributed by atoms with E-state index in [0.29, 0.717) is 6.54 Å². The smallest absolute Gasteiger partial charge is 0.225 e. The van der Waals surface area contributed by atoms with Gasteiger partial charge >= 0.3 is 0 Å². The van der Waals surface area contributed by atoms with Gasteiger partial charge in [0, 0.05) is 51.1 Å². The molecule has 2 aromatic heterocycles. The highest BCUT2D eigenvalue weighted by atomic mass is 35.5. The van der Waals surface area contributed by atoms with Crippen LogP contribution in [-0.4, -0.2) is 38.6 Å². The number of hydrogen-bond donors (Lipinski definition) is 2. The molecule has 1 saturated heterocycles. The third-order valence-electron chi connectivity index (χ3n) is 4.58. The Hall–Kier alpha value is -1.86. The zero-order chi connectivity index (χ0) is 16.6. The van der Waals surface area contributed by atoms with Crippen molar-refractivity contribution in [2.75, 3.05) is 13.1 Å². The summed E-state index contributed by atoms with van der Waals surface area (Å²) in [5.41, 5.74) is 3.13. The Balaban J connectivity index is 0.00000208. The number of carbonyl (C=O) groups is 1. The summed E-state index contributed by atoms with van der Waals surface area (Å²) in [5, 5.41) is 15.0. The molecular weight excluding hydrogens is 328 g/mol. The third-order valence-corrected chi connectivity index (χ3v) is 4.58.